The largest absolute Gasteiger partial charge is 0.333 e. The average molecular weight is 158 g/mol. The van der Waals surface area contributed by atoms with E-state index in [1.807, 2.05) is 0 Å². The van der Waals surface area contributed by atoms with E-state index in [2.05, 4.69) is 5.09 Å². The smallest absolute Gasteiger partial charge is 0.264 e. The summed E-state index contributed by atoms with van der Waals surface area (Å²) < 4.78 is 10.4. The molecule has 5 heteroatoms. The zero-order valence-electron chi connectivity index (χ0n) is 4.59. The van der Waals surface area contributed by atoms with Crippen molar-refractivity contribution in [2.45, 2.75) is 0 Å². The van der Waals surface area contributed by atoms with Gasteiger partial charge in [0.25, 0.3) is 7.52 Å². The lowest BCUT2D eigenvalue weighted by atomic mass is 10.8. The van der Waals surface area contributed by atoms with Gasteiger partial charge in [0.05, 0.1) is 0 Å². The van der Waals surface area contributed by atoms with Crippen LogP contribution in [0.4, 0.5) is 0 Å². The summed E-state index contributed by atoms with van der Waals surface area (Å²) in [6.07, 6.45) is 0. The second-order valence-electron chi connectivity index (χ2n) is 1.48. The number of hydrogen-bond donors (Lipinski definition) is 2. The van der Waals surface area contributed by atoms with Crippen LogP contribution in [0.1, 0.15) is 0 Å². The monoisotopic (exact) mass is 157 g/mol. The third-order valence-electron chi connectivity index (χ3n) is 0.500. The van der Waals surface area contributed by atoms with Gasteiger partial charge in [0.15, 0.2) is 0 Å². The number of nitrogens with one attached hydrogen (secondary N) is 1. The first-order valence-electron chi connectivity index (χ1n) is 2.17. The van der Waals surface area contributed by atoms with Gasteiger partial charge >= 0.3 is 0 Å². The lowest BCUT2D eigenvalue weighted by Gasteiger charge is -2.03. The molecule has 0 fully saturated rings. The molecular formula is C3H9ClNO2P. The van der Waals surface area contributed by atoms with E-state index in [0.29, 0.717) is 12.4 Å². The molecule has 1 atom stereocenters. The van der Waals surface area contributed by atoms with Gasteiger partial charge in [-0.05, 0) is 0 Å². The van der Waals surface area contributed by atoms with Crippen molar-refractivity contribution in [1.29, 1.82) is 0 Å². The van der Waals surface area contributed by atoms with Gasteiger partial charge in [-0.2, -0.15) is 0 Å². The van der Waals surface area contributed by atoms with Crippen LogP contribution in [0.2, 0.25) is 0 Å². The van der Waals surface area contributed by atoms with Crippen molar-refractivity contribution in [3.8, 4) is 0 Å². The molecule has 0 heterocycles. The Labute approximate surface area is 53.5 Å². The first-order chi connectivity index (χ1) is 3.56. The quantitative estimate of drug-likeness (QED) is 0.467. The Morgan fingerprint density at radius 1 is 1.88 bits per heavy atom. The number of halogens is 1. The molecule has 2 N–H and O–H groups in total. The highest BCUT2D eigenvalue weighted by molar-refractivity contribution is 7.54. The van der Waals surface area contributed by atoms with Crippen LogP contribution < -0.4 is 5.09 Å². The first kappa shape index (κ1) is 8.44. The van der Waals surface area contributed by atoms with E-state index >= 15 is 0 Å². The standard InChI is InChI=1S/C3H9ClNO2P/c1-8(6,7)5-3-2-4/h2-3H2,1H3,(H2,5,6,7). The molecule has 0 spiro atoms. The Kier molecular flexibility index (Phi) is 3.65. The van der Waals surface area contributed by atoms with E-state index in [9.17, 15) is 4.57 Å². The van der Waals surface area contributed by atoms with E-state index in [1.165, 1.54) is 6.66 Å². The zero-order valence-corrected chi connectivity index (χ0v) is 6.25. The number of hydrogen-bond acceptors (Lipinski definition) is 1. The molecule has 0 amide bonds. The van der Waals surface area contributed by atoms with Crippen LogP contribution in [0, 0.1) is 0 Å². The molecule has 0 aliphatic carbocycles. The summed E-state index contributed by atoms with van der Waals surface area (Å²) in [4.78, 5) is 8.53. The Morgan fingerprint density at radius 3 is 2.50 bits per heavy atom. The van der Waals surface area contributed by atoms with Gasteiger partial charge in [-0.1, -0.05) is 0 Å². The molecule has 0 rings (SSSR count). The Hall–Kier alpha value is 0.440. The molecule has 0 aromatic rings. The van der Waals surface area contributed by atoms with Gasteiger partial charge in [0, 0.05) is 19.1 Å². The van der Waals surface area contributed by atoms with Gasteiger partial charge in [0.1, 0.15) is 0 Å². The van der Waals surface area contributed by atoms with E-state index in [-0.39, 0.29) is 0 Å². The maximum absolute atomic E-state index is 10.4. The second-order valence-corrected chi connectivity index (χ2v) is 3.93. The third-order valence-corrected chi connectivity index (χ3v) is 1.50. The number of alkyl halides is 1. The predicted molar refractivity (Wildman–Crippen MR) is 34.5 cm³/mol. The van der Waals surface area contributed by atoms with Crippen LogP contribution in [0.15, 0.2) is 0 Å². The molecule has 0 aromatic carbocycles. The summed E-state index contributed by atoms with van der Waals surface area (Å²) in [7, 11) is -3.02. The zero-order chi connectivity index (χ0) is 6.62. The lowest BCUT2D eigenvalue weighted by Crippen LogP contribution is -2.11. The van der Waals surface area contributed by atoms with Crippen LogP contribution in [0.3, 0.4) is 0 Å². The van der Waals surface area contributed by atoms with Crippen LogP contribution >= 0.6 is 19.1 Å². The molecule has 8 heavy (non-hydrogen) atoms. The normalized spacial score (nSPS) is 17.9. The second kappa shape index (κ2) is 3.46. The highest BCUT2D eigenvalue weighted by Crippen LogP contribution is 2.27. The molecule has 0 saturated heterocycles. The highest BCUT2D eigenvalue weighted by atomic mass is 35.5. The van der Waals surface area contributed by atoms with Crippen LogP contribution in [0.25, 0.3) is 0 Å². The highest BCUT2D eigenvalue weighted by Gasteiger charge is 2.04. The van der Waals surface area contributed by atoms with Gasteiger partial charge in [-0.25, -0.2) is 5.09 Å². The molecule has 0 aromatic heterocycles. The first-order valence-corrected chi connectivity index (χ1v) is 4.82. The van der Waals surface area contributed by atoms with Crippen molar-refractivity contribution in [2.24, 2.45) is 0 Å². The van der Waals surface area contributed by atoms with Crippen molar-refractivity contribution >= 4 is 19.1 Å². The lowest BCUT2D eigenvalue weighted by molar-refractivity contribution is 0.472. The van der Waals surface area contributed by atoms with E-state index in [0.717, 1.165) is 0 Å². The minimum absolute atomic E-state index is 0.360. The SMILES string of the molecule is CP(=O)(O)NCCCl. The fraction of sp³-hybridized carbons (Fsp3) is 1.00. The summed E-state index contributed by atoms with van der Waals surface area (Å²) in [5.41, 5.74) is 0. The summed E-state index contributed by atoms with van der Waals surface area (Å²) in [5, 5.41) is 2.35. The van der Waals surface area contributed by atoms with Crippen molar-refractivity contribution in [2.75, 3.05) is 19.1 Å². The van der Waals surface area contributed by atoms with Crippen LogP contribution in [-0.4, -0.2) is 24.0 Å². The van der Waals surface area contributed by atoms with Crippen molar-refractivity contribution in [3.05, 3.63) is 0 Å². The molecule has 50 valence electrons. The Balaban J connectivity index is 3.26. The molecule has 0 aliphatic heterocycles. The van der Waals surface area contributed by atoms with Crippen LogP contribution in [-0.2, 0) is 4.57 Å². The predicted octanol–water partition coefficient (Wildman–Crippen LogP) is 0.630. The van der Waals surface area contributed by atoms with Gasteiger partial charge < -0.3 is 4.89 Å². The van der Waals surface area contributed by atoms with Crippen LogP contribution in [0.5, 0.6) is 0 Å². The maximum Gasteiger partial charge on any atom is 0.264 e. The summed E-state index contributed by atoms with van der Waals surface area (Å²) in [5.74, 6) is 0.360. The molecular weight excluding hydrogens is 148 g/mol. The molecule has 0 bridgehead atoms. The summed E-state index contributed by atoms with van der Waals surface area (Å²) in [6.45, 7) is 1.62. The third kappa shape index (κ3) is 6.44. The molecule has 0 radical (unpaired) electrons. The average Bonchev–Trinajstić information content (AvgIpc) is 1.59. The fourth-order valence-electron chi connectivity index (χ4n) is 0.250. The Bertz CT molecular complexity index is 101. The van der Waals surface area contributed by atoms with E-state index < -0.39 is 7.52 Å². The summed E-state index contributed by atoms with van der Waals surface area (Å²) >= 11 is 5.21. The fourth-order valence-corrected chi connectivity index (χ4v) is 1.00. The van der Waals surface area contributed by atoms with Gasteiger partial charge in [-0.15, -0.1) is 11.6 Å². The maximum atomic E-state index is 10.4. The molecule has 3 nitrogen and oxygen atoms in total. The topological polar surface area (TPSA) is 49.3 Å². The minimum Gasteiger partial charge on any atom is -0.333 e. The summed E-state index contributed by atoms with van der Waals surface area (Å²) in [6, 6.07) is 0. The molecule has 0 aliphatic rings. The van der Waals surface area contributed by atoms with E-state index in [4.69, 9.17) is 16.5 Å². The van der Waals surface area contributed by atoms with Gasteiger partial charge in [0.2, 0.25) is 0 Å². The van der Waals surface area contributed by atoms with Crippen molar-refractivity contribution < 1.29 is 9.46 Å². The van der Waals surface area contributed by atoms with Crippen molar-refractivity contribution in [3.63, 3.8) is 0 Å². The van der Waals surface area contributed by atoms with E-state index in [1.54, 1.807) is 0 Å². The Morgan fingerprint density at radius 2 is 2.38 bits per heavy atom. The molecule has 1 unspecified atom stereocenters. The molecule has 0 saturated carbocycles. The van der Waals surface area contributed by atoms with Gasteiger partial charge in [-0.3, -0.25) is 4.57 Å². The minimum atomic E-state index is -3.02. The number of rotatable bonds is 3. The van der Waals surface area contributed by atoms with Crippen molar-refractivity contribution in [1.82, 2.24) is 5.09 Å².